The molecule has 1 aliphatic carbocycles. The Morgan fingerprint density at radius 3 is 1.26 bits per heavy atom. The summed E-state index contributed by atoms with van der Waals surface area (Å²) in [5, 5.41) is 0. The van der Waals surface area contributed by atoms with E-state index in [2.05, 4.69) is 27.7 Å². The summed E-state index contributed by atoms with van der Waals surface area (Å²) in [7, 11) is 0. The fraction of sp³-hybridized carbons (Fsp3) is 0.943. The van der Waals surface area contributed by atoms with Gasteiger partial charge in [0.1, 0.15) is 0 Å². The van der Waals surface area contributed by atoms with Crippen molar-refractivity contribution in [1.29, 1.82) is 0 Å². The Bertz CT molecular complexity index is 589. The van der Waals surface area contributed by atoms with E-state index in [-0.39, 0.29) is 35.6 Å². The second-order valence-corrected chi connectivity index (χ2v) is 12.5. The minimum Gasteiger partial charge on any atom is -0.465 e. The second kappa shape index (κ2) is 24.7. The van der Waals surface area contributed by atoms with Crippen LogP contribution < -0.4 is 0 Å². The minimum absolute atomic E-state index is 0.162. The maximum Gasteiger partial charge on any atom is 0.310 e. The van der Waals surface area contributed by atoms with Crippen LogP contribution in [0.15, 0.2) is 0 Å². The Hall–Kier alpha value is -1.06. The topological polar surface area (TPSA) is 52.6 Å². The van der Waals surface area contributed by atoms with E-state index in [0.717, 1.165) is 44.9 Å². The molecule has 0 amide bonds. The molecule has 0 aliphatic heterocycles. The lowest BCUT2D eigenvalue weighted by atomic mass is 9.66. The molecule has 4 heteroatoms. The van der Waals surface area contributed by atoms with Gasteiger partial charge in [-0.2, -0.15) is 0 Å². The smallest absolute Gasteiger partial charge is 0.310 e. The highest BCUT2D eigenvalue weighted by Crippen LogP contribution is 2.42. The first kappa shape index (κ1) is 36.0. The van der Waals surface area contributed by atoms with Gasteiger partial charge in [-0.25, -0.2) is 0 Å². The van der Waals surface area contributed by atoms with Crippen molar-refractivity contribution in [3.8, 4) is 0 Å². The van der Waals surface area contributed by atoms with E-state index in [0.29, 0.717) is 13.2 Å². The highest BCUT2D eigenvalue weighted by molar-refractivity contribution is 5.83. The van der Waals surface area contributed by atoms with E-state index in [1.54, 1.807) is 0 Å². The number of carbonyl (C=O) groups excluding carboxylic acids is 2. The lowest BCUT2D eigenvalue weighted by Gasteiger charge is -2.38. The van der Waals surface area contributed by atoms with Gasteiger partial charge in [-0.3, -0.25) is 9.59 Å². The number of rotatable bonds is 25. The molecule has 0 aromatic rings. The molecule has 0 N–H and O–H groups in total. The van der Waals surface area contributed by atoms with Crippen LogP contribution in [0.4, 0.5) is 0 Å². The zero-order chi connectivity index (χ0) is 28.6. The van der Waals surface area contributed by atoms with Crippen LogP contribution in [0.1, 0.15) is 175 Å². The molecule has 230 valence electrons. The summed E-state index contributed by atoms with van der Waals surface area (Å²) < 4.78 is 11.5. The van der Waals surface area contributed by atoms with E-state index < -0.39 is 0 Å². The van der Waals surface area contributed by atoms with Gasteiger partial charge < -0.3 is 9.47 Å². The fourth-order valence-corrected chi connectivity index (χ4v) is 6.38. The number of hydrogen-bond donors (Lipinski definition) is 0. The first-order valence-corrected chi connectivity index (χ1v) is 17.4. The highest BCUT2D eigenvalue weighted by atomic mass is 16.5. The summed E-state index contributed by atoms with van der Waals surface area (Å²) in [4.78, 5) is 26.4. The molecule has 0 heterocycles. The lowest BCUT2D eigenvalue weighted by Crippen LogP contribution is -2.44. The quantitative estimate of drug-likeness (QED) is 0.0838. The van der Waals surface area contributed by atoms with Crippen molar-refractivity contribution >= 4 is 11.9 Å². The predicted molar refractivity (Wildman–Crippen MR) is 165 cm³/mol. The van der Waals surface area contributed by atoms with Gasteiger partial charge in [0.25, 0.3) is 0 Å². The zero-order valence-electron chi connectivity index (χ0n) is 26.6. The Morgan fingerprint density at radius 2 is 0.872 bits per heavy atom. The summed E-state index contributed by atoms with van der Waals surface area (Å²) in [5.41, 5.74) is 0. The van der Waals surface area contributed by atoms with Crippen LogP contribution in [0.3, 0.4) is 0 Å². The van der Waals surface area contributed by atoms with Crippen molar-refractivity contribution in [2.75, 3.05) is 13.2 Å². The van der Waals surface area contributed by atoms with Crippen molar-refractivity contribution in [3.63, 3.8) is 0 Å². The molecule has 0 radical (unpaired) electrons. The minimum atomic E-state index is -0.355. The van der Waals surface area contributed by atoms with Gasteiger partial charge >= 0.3 is 11.9 Å². The molecular formula is C35H66O4. The molecule has 0 spiro atoms. The third-order valence-electron chi connectivity index (χ3n) is 9.05. The summed E-state index contributed by atoms with van der Waals surface area (Å²) in [6.07, 6.45) is 28.1. The molecule has 4 atom stereocenters. The average molecular weight is 551 g/mol. The van der Waals surface area contributed by atoms with Crippen LogP contribution in [0.2, 0.25) is 0 Å². The van der Waals surface area contributed by atoms with Gasteiger partial charge in [-0.1, -0.05) is 150 Å². The molecule has 1 saturated carbocycles. The molecule has 1 rings (SSSR count). The van der Waals surface area contributed by atoms with E-state index in [1.807, 2.05) is 0 Å². The van der Waals surface area contributed by atoms with E-state index in [9.17, 15) is 9.59 Å². The van der Waals surface area contributed by atoms with E-state index >= 15 is 0 Å². The van der Waals surface area contributed by atoms with Gasteiger partial charge in [0.15, 0.2) is 0 Å². The van der Waals surface area contributed by atoms with Crippen LogP contribution in [-0.4, -0.2) is 25.2 Å². The SMILES string of the molecule is CCCCCCCCCCCCOC(=O)C1C(C)CCC(CC)C1C(=O)OCCCCCCCCCCCC. The molecule has 1 fully saturated rings. The van der Waals surface area contributed by atoms with Crippen LogP contribution in [0.5, 0.6) is 0 Å². The Labute approximate surface area is 243 Å². The summed E-state index contributed by atoms with van der Waals surface area (Å²) in [6.45, 7) is 9.73. The number of unbranched alkanes of at least 4 members (excludes halogenated alkanes) is 18. The fourth-order valence-electron chi connectivity index (χ4n) is 6.38. The highest BCUT2D eigenvalue weighted by Gasteiger charge is 2.46. The number of ether oxygens (including phenoxy) is 2. The Kier molecular flexibility index (Phi) is 22.8. The maximum atomic E-state index is 13.2. The monoisotopic (exact) mass is 550 g/mol. The van der Waals surface area contributed by atoms with Gasteiger partial charge in [0.05, 0.1) is 25.0 Å². The lowest BCUT2D eigenvalue weighted by molar-refractivity contribution is -0.168. The normalized spacial score (nSPS) is 21.1. The van der Waals surface area contributed by atoms with Crippen molar-refractivity contribution in [3.05, 3.63) is 0 Å². The molecule has 4 nitrogen and oxygen atoms in total. The van der Waals surface area contributed by atoms with Crippen LogP contribution in [0.25, 0.3) is 0 Å². The third kappa shape index (κ3) is 16.7. The summed E-state index contributed by atoms with van der Waals surface area (Å²) in [6, 6.07) is 0. The molecule has 1 aliphatic rings. The largest absolute Gasteiger partial charge is 0.465 e. The van der Waals surface area contributed by atoms with E-state index in [4.69, 9.17) is 9.47 Å². The van der Waals surface area contributed by atoms with Crippen molar-refractivity contribution in [2.24, 2.45) is 23.7 Å². The number of esters is 2. The number of hydrogen-bond acceptors (Lipinski definition) is 4. The zero-order valence-corrected chi connectivity index (χ0v) is 26.6. The molecule has 39 heavy (non-hydrogen) atoms. The molecule has 0 aromatic heterocycles. The third-order valence-corrected chi connectivity index (χ3v) is 9.05. The standard InChI is InChI=1S/C35H66O4/c1-5-8-10-12-14-16-18-20-22-24-28-38-34(36)32-30(4)26-27-31(7-3)33(32)35(37)39-29-25-23-21-19-17-15-13-11-9-6-2/h30-33H,5-29H2,1-4H3. The van der Waals surface area contributed by atoms with Crippen LogP contribution in [0, 0.1) is 23.7 Å². The van der Waals surface area contributed by atoms with Crippen LogP contribution >= 0.6 is 0 Å². The first-order valence-electron chi connectivity index (χ1n) is 17.4. The maximum absolute atomic E-state index is 13.2. The van der Waals surface area contributed by atoms with Gasteiger partial charge in [0.2, 0.25) is 0 Å². The molecule has 0 bridgehead atoms. The van der Waals surface area contributed by atoms with Crippen molar-refractivity contribution in [2.45, 2.75) is 175 Å². The Balaban J connectivity index is 2.31. The molecule has 0 saturated heterocycles. The average Bonchev–Trinajstić information content (AvgIpc) is 2.94. The summed E-state index contributed by atoms with van der Waals surface area (Å²) >= 11 is 0. The van der Waals surface area contributed by atoms with Crippen molar-refractivity contribution in [1.82, 2.24) is 0 Å². The van der Waals surface area contributed by atoms with Gasteiger partial charge in [-0.05, 0) is 37.5 Å². The Morgan fingerprint density at radius 1 is 0.513 bits per heavy atom. The first-order chi connectivity index (χ1) is 19.1. The van der Waals surface area contributed by atoms with Gasteiger partial charge in [-0.15, -0.1) is 0 Å². The molecule has 4 unspecified atom stereocenters. The van der Waals surface area contributed by atoms with E-state index in [1.165, 1.54) is 103 Å². The molecular weight excluding hydrogens is 484 g/mol. The predicted octanol–water partition coefficient (Wildman–Crippen LogP) is 10.6. The second-order valence-electron chi connectivity index (χ2n) is 12.5. The molecule has 0 aromatic carbocycles. The van der Waals surface area contributed by atoms with Crippen molar-refractivity contribution < 1.29 is 19.1 Å². The van der Waals surface area contributed by atoms with Crippen LogP contribution in [-0.2, 0) is 19.1 Å². The van der Waals surface area contributed by atoms with Gasteiger partial charge in [0, 0.05) is 0 Å². The number of carbonyl (C=O) groups is 2. The summed E-state index contributed by atoms with van der Waals surface area (Å²) in [5.74, 6) is -0.643.